The van der Waals surface area contributed by atoms with Crippen molar-refractivity contribution in [2.24, 2.45) is 0 Å². The van der Waals surface area contributed by atoms with Crippen molar-refractivity contribution in [3.63, 3.8) is 0 Å². The fourth-order valence-corrected chi connectivity index (χ4v) is 3.36. The first kappa shape index (κ1) is 26.2. The molecule has 3 rings (SSSR count). The number of aryl methyl sites for hydroxylation is 1. The summed E-state index contributed by atoms with van der Waals surface area (Å²) in [6, 6.07) is 16.8. The Morgan fingerprint density at radius 2 is 1.81 bits per heavy atom. The minimum absolute atomic E-state index is 0.0287. The molecule has 1 aromatic heterocycles. The van der Waals surface area contributed by atoms with Crippen LogP contribution in [0.5, 0.6) is 5.88 Å². The highest BCUT2D eigenvalue weighted by Gasteiger charge is 2.32. The lowest BCUT2D eigenvalue weighted by atomic mass is 10.1. The number of rotatable bonds is 8. The third kappa shape index (κ3) is 6.39. The molecule has 0 aliphatic heterocycles. The predicted molar refractivity (Wildman–Crippen MR) is 125 cm³/mol. The van der Waals surface area contributed by atoms with Gasteiger partial charge in [-0.25, -0.2) is 4.98 Å². The van der Waals surface area contributed by atoms with Crippen LogP contribution in [-0.4, -0.2) is 36.6 Å². The second kappa shape index (κ2) is 11.4. The molecule has 2 aromatic carbocycles. The van der Waals surface area contributed by atoms with Gasteiger partial charge in [0.1, 0.15) is 18.2 Å². The summed E-state index contributed by atoms with van der Waals surface area (Å²) in [5.74, 6) is -1.73. The molecule has 1 heterocycles. The standard InChI is InChI=1S/C26H22F3N3O4/c1-3-35-24(34)15-32(20-11-7-10-19(13-20)26(27,28)29)23(33)16-36-25-21(14-30)17(2)12-22(31-25)18-8-5-4-6-9-18/h4-13H,3,15-16H2,1-2H3. The maximum Gasteiger partial charge on any atom is 0.416 e. The molecular formula is C26H22F3N3O4. The van der Waals surface area contributed by atoms with Gasteiger partial charge in [-0.05, 0) is 43.7 Å². The molecule has 0 atom stereocenters. The zero-order chi connectivity index (χ0) is 26.3. The zero-order valence-electron chi connectivity index (χ0n) is 19.5. The Kier molecular flexibility index (Phi) is 8.27. The molecule has 7 nitrogen and oxygen atoms in total. The molecule has 0 aliphatic carbocycles. The van der Waals surface area contributed by atoms with Crippen molar-refractivity contribution in [3.8, 4) is 23.2 Å². The van der Waals surface area contributed by atoms with Gasteiger partial charge in [-0.1, -0.05) is 36.4 Å². The van der Waals surface area contributed by atoms with Gasteiger partial charge in [0.25, 0.3) is 5.91 Å². The minimum atomic E-state index is -4.65. The van der Waals surface area contributed by atoms with Crippen LogP contribution < -0.4 is 9.64 Å². The molecule has 10 heteroatoms. The average molecular weight is 497 g/mol. The largest absolute Gasteiger partial charge is 0.467 e. The monoisotopic (exact) mass is 497 g/mol. The zero-order valence-corrected chi connectivity index (χ0v) is 19.5. The molecule has 0 fully saturated rings. The number of hydrogen-bond acceptors (Lipinski definition) is 6. The van der Waals surface area contributed by atoms with Crippen molar-refractivity contribution >= 4 is 17.6 Å². The number of benzene rings is 2. The van der Waals surface area contributed by atoms with Crippen molar-refractivity contribution in [1.29, 1.82) is 5.26 Å². The maximum atomic E-state index is 13.2. The molecule has 186 valence electrons. The fraction of sp³-hybridized carbons (Fsp3) is 0.231. The van der Waals surface area contributed by atoms with E-state index in [0.717, 1.165) is 28.7 Å². The Hall–Kier alpha value is -4.39. The second-order valence-corrected chi connectivity index (χ2v) is 7.60. The fourth-order valence-electron chi connectivity index (χ4n) is 3.36. The van der Waals surface area contributed by atoms with Crippen LogP contribution in [0.4, 0.5) is 18.9 Å². The lowest BCUT2D eigenvalue weighted by Gasteiger charge is -2.23. The Bertz CT molecular complexity index is 1290. The number of halogens is 3. The summed E-state index contributed by atoms with van der Waals surface area (Å²) in [7, 11) is 0. The SMILES string of the molecule is CCOC(=O)CN(C(=O)COc1nc(-c2ccccc2)cc(C)c1C#N)c1cccc(C(F)(F)F)c1. The number of pyridine rings is 1. The van der Waals surface area contributed by atoms with Crippen LogP contribution in [0.1, 0.15) is 23.6 Å². The van der Waals surface area contributed by atoms with Crippen molar-refractivity contribution in [3.05, 3.63) is 77.4 Å². The summed E-state index contributed by atoms with van der Waals surface area (Å²) in [6.07, 6.45) is -4.65. The van der Waals surface area contributed by atoms with Crippen molar-refractivity contribution < 1.29 is 32.2 Å². The molecule has 3 aromatic rings. The molecule has 36 heavy (non-hydrogen) atoms. The van der Waals surface area contributed by atoms with Gasteiger partial charge in [0, 0.05) is 11.3 Å². The molecule has 1 amide bonds. The average Bonchev–Trinajstić information content (AvgIpc) is 2.86. The number of amides is 1. The Morgan fingerprint density at radius 1 is 1.08 bits per heavy atom. The molecule has 0 radical (unpaired) electrons. The Balaban J connectivity index is 1.91. The molecule has 0 aliphatic rings. The normalized spacial score (nSPS) is 10.9. The van der Waals surface area contributed by atoms with Crippen LogP contribution in [0.15, 0.2) is 60.7 Å². The van der Waals surface area contributed by atoms with Crippen LogP contribution >= 0.6 is 0 Å². The molecule has 0 N–H and O–H groups in total. The number of nitriles is 1. The number of hydrogen-bond donors (Lipinski definition) is 0. The molecule has 0 saturated heterocycles. The lowest BCUT2D eigenvalue weighted by Crippen LogP contribution is -2.39. The van der Waals surface area contributed by atoms with Crippen LogP contribution in [0, 0.1) is 18.3 Å². The van der Waals surface area contributed by atoms with E-state index in [-0.39, 0.29) is 23.7 Å². The van der Waals surface area contributed by atoms with Crippen molar-refractivity contribution in [2.75, 3.05) is 24.7 Å². The van der Waals surface area contributed by atoms with Gasteiger partial charge >= 0.3 is 12.1 Å². The summed E-state index contributed by atoms with van der Waals surface area (Å²) < 4.78 is 50.1. The number of aromatic nitrogens is 1. The molecular weight excluding hydrogens is 475 g/mol. The highest BCUT2D eigenvalue weighted by Crippen LogP contribution is 2.32. The smallest absolute Gasteiger partial charge is 0.416 e. The van der Waals surface area contributed by atoms with Crippen LogP contribution in [0.3, 0.4) is 0 Å². The summed E-state index contributed by atoms with van der Waals surface area (Å²) in [5, 5.41) is 9.56. The number of anilines is 1. The third-order valence-corrected chi connectivity index (χ3v) is 5.08. The van der Waals surface area contributed by atoms with E-state index in [4.69, 9.17) is 9.47 Å². The van der Waals surface area contributed by atoms with E-state index in [1.54, 1.807) is 19.9 Å². The van der Waals surface area contributed by atoms with Gasteiger partial charge < -0.3 is 9.47 Å². The topological polar surface area (TPSA) is 92.5 Å². The van der Waals surface area contributed by atoms with Gasteiger partial charge in [0.05, 0.1) is 17.9 Å². The van der Waals surface area contributed by atoms with Crippen molar-refractivity contribution in [2.45, 2.75) is 20.0 Å². The molecule has 0 spiro atoms. The van der Waals surface area contributed by atoms with E-state index >= 15 is 0 Å². The predicted octanol–water partition coefficient (Wildman–Crippen LogP) is 4.92. The number of carbonyl (C=O) groups excluding carboxylic acids is 2. The number of ether oxygens (including phenoxy) is 2. The van der Waals surface area contributed by atoms with Gasteiger partial charge in [-0.2, -0.15) is 18.4 Å². The Morgan fingerprint density at radius 3 is 2.44 bits per heavy atom. The number of nitrogens with zero attached hydrogens (tertiary/aromatic N) is 3. The first-order valence-electron chi connectivity index (χ1n) is 10.9. The number of alkyl halides is 3. The van der Waals surface area contributed by atoms with E-state index in [1.807, 2.05) is 36.4 Å². The summed E-state index contributed by atoms with van der Waals surface area (Å²) in [5.41, 5.74) is 0.801. The first-order valence-corrected chi connectivity index (χ1v) is 10.9. The second-order valence-electron chi connectivity index (χ2n) is 7.60. The number of esters is 1. The highest BCUT2D eigenvalue weighted by atomic mass is 19.4. The van der Waals surface area contributed by atoms with E-state index in [1.165, 1.54) is 6.07 Å². The van der Waals surface area contributed by atoms with E-state index < -0.39 is 36.8 Å². The summed E-state index contributed by atoms with van der Waals surface area (Å²) in [4.78, 5) is 30.4. The first-order chi connectivity index (χ1) is 17.1. The number of carbonyl (C=O) groups is 2. The molecule has 0 unspecified atom stereocenters. The van der Waals surface area contributed by atoms with Gasteiger partial charge in [-0.3, -0.25) is 14.5 Å². The lowest BCUT2D eigenvalue weighted by molar-refractivity contribution is -0.142. The van der Waals surface area contributed by atoms with Gasteiger partial charge in [-0.15, -0.1) is 0 Å². The van der Waals surface area contributed by atoms with E-state index in [0.29, 0.717) is 11.3 Å². The van der Waals surface area contributed by atoms with Crippen LogP contribution in [0.25, 0.3) is 11.3 Å². The summed E-state index contributed by atoms with van der Waals surface area (Å²) in [6.45, 7) is 1.97. The molecule has 0 saturated carbocycles. The van der Waals surface area contributed by atoms with Crippen LogP contribution in [0.2, 0.25) is 0 Å². The molecule has 0 bridgehead atoms. The van der Waals surface area contributed by atoms with E-state index in [2.05, 4.69) is 4.98 Å². The van der Waals surface area contributed by atoms with Crippen molar-refractivity contribution in [1.82, 2.24) is 4.98 Å². The van der Waals surface area contributed by atoms with E-state index in [9.17, 15) is 28.0 Å². The Labute approximate surface area is 205 Å². The van der Waals surface area contributed by atoms with Gasteiger partial charge in [0.2, 0.25) is 5.88 Å². The van der Waals surface area contributed by atoms with Crippen LogP contribution in [-0.2, 0) is 20.5 Å². The third-order valence-electron chi connectivity index (χ3n) is 5.08. The maximum absolute atomic E-state index is 13.2. The van der Waals surface area contributed by atoms with Gasteiger partial charge in [0.15, 0.2) is 6.61 Å². The minimum Gasteiger partial charge on any atom is -0.467 e. The quantitative estimate of drug-likeness (QED) is 0.410. The summed E-state index contributed by atoms with van der Waals surface area (Å²) >= 11 is 0. The highest BCUT2D eigenvalue weighted by molar-refractivity contribution is 5.98.